The number of carbonyl (C=O) groups excluding carboxylic acids is 1. The Morgan fingerprint density at radius 2 is 1.91 bits per heavy atom. The highest BCUT2D eigenvalue weighted by molar-refractivity contribution is 5.82. The zero-order valence-corrected chi connectivity index (χ0v) is 21.4. The molecule has 11 heteroatoms. The van der Waals surface area contributed by atoms with Gasteiger partial charge in [-0.1, -0.05) is 32.9 Å². The van der Waals surface area contributed by atoms with Crippen LogP contribution in [0.2, 0.25) is 0 Å². The van der Waals surface area contributed by atoms with Crippen molar-refractivity contribution in [3.8, 4) is 0 Å². The maximum absolute atomic E-state index is 13.2. The van der Waals surface area contributed by atoms with Crippen LogP contribution in [0.15, 0.2) is 12.2 Å². The van der Waals surface area contributed by atoms with Gasteiger partial charge in [0.25, 0.3) is 5.91 Å². The van der Waals surface area contributed by atoms with Crippen LogP contribution in [0.3, 0.4) is 0 Å². The molecule has 202 valence electrons. The lowest BCUT2D eigenvalue weighted by Crippen LogP contribution is -2.69. The average Bonchev–Trinajstić information content (AvgIpc) is 2.82. The molecule has 0 aromatic carbocycles. The third-order valence-electron chi connectivity index (χ3n) is 7.77. The van der Waals surface area contributed by atoms with Crippen LogP contribution in [0.5, 0.6) is 0 Å². The standard InChI is InChI=1S/C24H41NO10/c1-12-9-24(31-7,35-14(3)13(12)2)19(28)21(29)25-22-18-17(32-11-33-22)20(30-6)23(4,5)16(34-18)8-15(27)10-26/h13-20,22,26-28H,1,8-11H2,2-7H3,(H,25,29)/t13-,14-,15+,16-,17+,18-,19-,20-,22+,24-/m1/s1. The maximum atomic E-state index is 13.2. The van der Waals surface area contributed by atoms with E-state index in [1.165, 1.54) is 7.11 Å². The SMILES string of the molecule is C=C1C[C@](OC)([C@H](O)C(=O)N[C@H]2OCO[C@H]3[C@H]2O[C@H](C[C@H](O)CO)C(C)(C)[C@@H]3OC)O[C@H](C)[C@@H]1C. The summed E-state index contributed by atoms with van der Waals surface area (Å²) >= 11 is 0. The summed E-state index contributed by atoms with van der Waals surface area (Å²) in [6, 6.07) is 0. The van der Waals surface area contributed by atoms with Crippen molar-refractivity contribution in [3.63, 3.8) is 0 Å². The fourth-order valence-electron chi connectivity index (χ4n) is 5.26. The van der Waals surface area contributed by atoms with E-state index >= 15 is 0 Å². The summed E-state index contributed by atoms with van der Waals surface area (Å²) < 4.78 is 35.0. The fraction of sp³-hybridized carbons (Fsp3) is 0.875. The smallest absolute Gasteiger partial charge is 0.256 e. The summed E-state index contributed by atoms with van der Waals surface area (Å²) in [6.07, 6.45) is -6.03. The molecule has 3 rings (SSSR count). The summed E-state index contributed by atoms with van der Waals surface area (Å²) in [4.78, 5) is 13.2. The molecule has 0 aromatic rings. The number of rotatable bonds is 8. The van der Waals surface area contributed by atoms with Crippen LogP contribution in [-0.2, 0) is 33.2 Å². The minimum atomic E-state index is -1.67. The van der Waals surface area contributed by atoms with Crippen molar-refractivity contribution < 1.29 is 48.5 Å². The molecule has 0 saturated carbocycles. The molecule has 1 amide bonds. The van der Waals surface area contributed by atoms with Gasteiger partial charge in [0.1, 0.15) is 19.0 Å². The number of aliphatic hydroxyl groups excluding tert-OH is 3. The number of amides is 1. The van der Waals surface area contributed by atoms with Gasteiger partial charge in [0, 0.05) is 38.4 Å². The van der Waals surface area contributed by atoms with E-state index in [4.69, 9.17) is 28.4 Å². The lowest BCUT2D eigenvalue weighted by molar-refractivity contribution is -0.333. The Hall–Kier alpha value is -1.15. The fourth-order valence-corrected chi connectivity index (χ4v) is 5.26. The zero-order valence-electron chi connectivity index (χ0n) is 21.4. The van der Waals surface area contributed by atoms with E-state index in [2.05, 4.69) is 11.9 Å². The lowest BCUT2D eigenvalue weighted by Gasteiger charge is -2.54. The molecule has 3 heterocycles. The van der Waals surface area contributed by atoms with E-state index in [-0.39, 0.29) is 31.7 Å². The molecule has 3 fully saturated rings. The molecule has 4 N–H and O–H groups in total. The molecule has 3 aliphatic rings. The van der Waals surface area contributed by atoms with Gasteiger partial charge in [-0.15, -0.1) is 0 Å². The Labute approximate surface area is 206 Å². The summed E-state index contributed by atoms with van der Waals surface area (Å²) in [5, 5.41) is 33.1. The van der Waals surface area contributed by atoms with Crippen LogP contribution in [-0.4, -0.2) is 104 Å². The van der Waals surface area contributed by atoms with E-state index in [0.717, 1.165) is 5.57 Å². The van der Waals surface area contributed by atoms with Crippen LogP contribution < -0.4 is 5.32 Å². The van der Waals surface area contributed by atoms with Crippen molar-refractivity contribution in [2.75, 3.05) is 27.6 Å². The molecule has 0 unspecified atom stereocenters. The quantitative estimate of drug-likeness (QED) is 0.336. The number of hydrogen-bond acceptors (Lipinski definition) is 10. The third kappa shape index (κ3) is 5.43. The predicted octanol–water partition coefficient (Wildman–Crippen LogP) is 0.0582. The molecule has 0 aliphatic carbocycles. The van der Waals surface area contributed by atoms with Crippen LogP contribution in [0.25, 0.3) is 0 Å². The highest BCUT2D eigenvalue weighted by Gasteiger charge is 2.57. The van der Waals surface area contributed by atoms with Gasteiger partial charge in [-0.2, -0.15) is 0 Å². The Morgan fingerprint density at radius 3 is 2.49 bits per heavy atom. The second-order valence-corrected chi connectivity index (χ2v) is 10.3. The molecule has 11 nitrogen and oxygen atoms in total. The minimum Gasteiger partial charge on any atom is -0.394 e. The molecular formula is C24H41NO10. The van der Waals surface area contributed by atoms with Crippen molar-refractivity contribution in [1.29, 1.82) is 0 Å². The maximum Gasteiger partial charge on any atom is 0.256 e. The van der Waals surface area contributed by atoms with Crippen LogP contribution in [0, 0.1) is 11.3 Å². The van der Waals surface area contributed by atoms with E-state index in [1.807, 2.05) is 27.7 Å². The number of carbonyl (C=O) groups is 1. The largest absolute Gasteiger partial charge is 0.394 e. The molecule has 0 radical (unpaired) electrons. The molecule has 3 saturated heterocycles. The Morgan fingerprint density at radius 1 is 1.23 bits per heavy atom. The zero-order chi connectivity index (χ0) is 26.1. The Bertz CT molecular complexity index is 763. The monoisotopic (exact) mass is 503 g/mol. The first-order valence-corrected chi connectivity index (χ1v) is 12.0. The van der Waals surface area contributed by atoms with Gasteiger partial charge in [0.2, 0.25) is 5.79 Å². The van der Waals surface area contributed by atoms with E-state index in [1.54, 1.807) is 7.11 Å². The highest BCUT2D eigenvalue weighted by atomic mass is 16.7. The van der Waals surface area contributed by atoms with Gasteiger partial charge in [0.05, 0.1) is 31.0 Å². The number of nitrogens with one attached hydrogen (secondary N) is 1. The topological polar surface area (TPSA) is 145 Å². The number of hydrogen-bond donors (Lipinski definition) is 4. The number of methoxy groups -OCH3 is 2. The van der Waals surface area contributed by atoms with Gasteiger partial charge in [-0.25, -0.2) is 0 Å². The first-order valence-electron chi connectivity index (χ1n) is 12.0. The molecule has 35 heavy (non-hydrogen) atoms. The van der Waals surface area contributed by atoms with E-state index in [9.17, 15) is 20.1 Å². The third-order valence-corrected chi connectivity index (χ3v) is 7.77. The molecule has 10 atom stereocenters. The van der Waals surface area contributed by atoms with Crippen LogP contribution >= 0.6 is 0 Å². The summed E-state index contributed by atoms with van der Waals surface area (Å²) in [7, 11) is 2.93. The number of fused-ring (bicyclic) bond motifs is 1. The lowest BCUT2D eigenvalue weighted by atomic mass is 9.72. The number of aliphatic hydroxyl groups is 3. The highest BCUT2D eigenvalue weighted by Crippen LogP contribution is 2.44. The second kappa shape index (κ2) is 11.1. The van der Waals surface area contributed by atoms with E-state index < -0.39 is 66.6 Å². The van der Waals surface area contributed by atoms with Crippen molar-refractivity contribution in [1.82, 2.24) is 5.32 Å². The van der Waals surface area contributed by atoms with E-state index in [0.29, 0.717) is 0 Å². The molecule has 3 aliphatic heterocycles. The van der Waals surface area contributed by atoms with Crippen molar-refractivity contribution in [2.24, 2.45) is 11.3 Å². The molecule has 0 aromatic heterocycles. The van der Waals surface area contributed by atoms with Gasteiger partial charge >= 0.3 is 0 Å². The molecule has 0 spiro atoms. The predicted molar refractivity (Wildman–Crippen MR) is 123 cm³/mol. The summed E-state index contributed by atoms with van der Waals surface area (Å²) in [5.41, 5.74) is 0.228. The number of ether oxygens (including phenoxy) is 6. The van der Waals surface area contributed by atoms with Crippen LogP contribution in [0.1, 0.15) is 40.5 Å². The first kappa shape index (κ1) is 28.4. The first-order chi connectivity index (χ1) is 16.4. The van der Waals surface area contributed by atoms with Crippen LogP contribution in [0.4, 0.5) is 0 Å². The average molecular weight is 504 g/mol. The van der Waals surface area contributed by atoms with Crippen molar-refractivity contribution >= 4 is 5.91 Å². The summed E-state index contributed by atoms with van der Waals surface area (Å²) in [5.74, 6) is -2.30. The van der Waals surface area contributed by atoms with Crippen molar-refractivity contribution in [3.05, 3.63) is 12.2 Å². The van der Waals surface area contributed by atoms with Gasteiger partial charge in [-0.3, -0.25) is 4.79 Å². The second-order valence-electron chi connectivity index (χ2n) is 10.3. The van der Waals surface area contributed by atoms with Gasteiger partial charge in [0.15, 0.2) is 12.3 Å². The van der Waals surface area contributed by atoms with Gasteiger partial charge < -0.3 is 49.1 Å². The molecule has 0 bridgehead atoms. The Kier molecular flexibility index (Phi) is 8.99. The molecular weight excluding hydrogens is 462 g/mol. The minimum absolute atomic E-state index is 0.0456. The van der Waals surface area contributed by atoms with Gasteiger partial charge in [-0.05, 0) is 6.92 Å². The van der Waals surface area contributed by atoms with Crippen molar-refractivity contribution in [2.45, 2.75) is 95.3 Å². The summed E-state index contributed by atoms with van der Waals surface area (Å²) in [6.45, 7) is 11.2. The Balaban J connectivity index is 1.79. The normalized spacial score (nSPS) is 41.1.